The summed E-state index contributed by atoms with van der Waals surface area (Å²) in [6.45, 7) is 1.67. The molecule has 1 unspecified atom stereocenters. The molecule has 6 nitrogen and oxygen atoms in total. The molecular weight excluding hydrogens is 390 g/mol. The summed E-state index contributed by atoms with van der Waals surface area (Å²) >= 11 is 0. The van der Waals surface area contributed by atoms with Crippen LogP contribution in [0.25, 0.3) is 17.0 Å². The number of carbonyl (C=O) groups excluding carboxylic acids is 1. The molecule has 6 heteroatoms. The van der Waals surface area contributed by atoms with Crippen LogP contribution in [0.4, 0.5) is 0 Å². The molecule has 1 heterocycles. The number of hydrogen-bond acceptors (Lipinski definition) is 4. The quantitative estimate of drug-likeness (QED) is 0.298. The summed E-state index contributed by atoms with van der Waals surface area (Å²) in [6, 6.07) is 15.0. The maximum Gasteiger partial charge on any atom is 0.267 e. The summed E-state index contributed by atoms with van der Waals surface area (Å²) < 4.78 is 2.18. The fourth-order valence-corrected chi connectivity index (χ4v) is 4.75. The average molecular weight is 420 g/mol. The van der Waals surface area contributed by atoms with Crippen molar-refractivity contribution in [2.45, 2.75) is 25.3 Å². The zero-order chi connectivity index (χ0) is 21.8. The Morgan fingerprint density at radius 2 is 2.10 bits per heavy atom. The first-order chi connectivity index (χ1) is 15.1. The third kappa shape index (κ3) is 4.56. The van der Waals surface area contributed by atoms with E-state index in [-0.39, 0.29) is 12.6 Å². The SMILES string of the molecule is Cn1cc(CCN(CCO)C2CCc3cc(C=CC(=O)NO)ccc32)c2ccccc21. The molecule has 4 rings (SSSR count). The molecular formula is C25H29N3O3. The second kappa shape index (κ2) is 9.47. The Morgan fingerprint density at radius 1 is 1.26 bits per heavy atom. The molecule has 2 aromatic carbocycles. The number of amides is 1. The van der Waals surface area contributed by atoms with Crippen LogP contribution in [0.1, 0.15) is 34.7 Å². The minimum absolute atomic E-state index is 0.137. The van der Waals surface area contributed by atoms with Gasteiger partial charge >= 0.3 is 0 Å². The molecule has 31 heavy (non-hydrogen) atoms. The van der Waals surface area contributed by atoms with Gasteiger partial charge in [-0.15, -0.1) is 0 Å². The number of aliphatic hydroxyl groups excluding tert-OH is 1. The van der Waals surface area contributed by atoms with Gasteiger partial charge in [-0.1, -0.05) is 36.4 Å². The molecule has 1 aliphatic carbocycles. The van der Waals surface area contributed by atoms with E-state index in [0.29, 0.717) is 6.54 Å². The molecule has 162 valence electrons. The Labute approximate surface area is 182 Å². The lowest BCUT2D eigenvalue weighted by atomic mass is 10.0. The molecule has 1 aliphatic rings. The van der Waals surface area contributed by atoms with Gasteiger partial charge in [-0.25, -0.2) is 5.48 Å². The van der Waals surface area contributed by atoms with Crippen molar-refractivity contribution in [2.75, 3.05) is 19.7 Å². The number of hydrogen-bond donors (Lipinski definition) is 3. The third-order valence-corrected chi connectivity index (χ3v) is 6.23. The molecule has 0 radical (unpaired) electrons. The number of aromatic nitrogens is 1. The number of benzene rings is 2. The van der Waals surface area contributed by atoms with Crippen LogP contribution in [0.5, 0.6) is 0 Å². The molecule has 0 fully saturated rings. The number of aryl methyl sites for hydroxylation is 2. The highest BCUT2D eigenvalue weighted by Gasteiger charge is 2.27. The van der Waals surface area contributed by atoms with Crippen molar-refractivity contribution < 1.29 is 15.1 Å². The zero-order valence-electron chi connectivity index (χ0n) is 17.8. The second-order valence-electron chi connectivity index (χ2n) is 8.11. The van der Waals surface area contributed by atoms with E-state index in [9.17, 15) is 9.90 Å². The van der Waals surface area contributed by atoms with E-state index in [1.54, 1.807) is 11.6 Å². The van der Waals surface area contributed by atoms with Gasteiger partial charge in [0, 0.05) is 49.4 Å². The molecule has 0 spiro atoms. The largest absolute Gasteiger partial charge is 0.395 e. The number of fused-ring (bicyclic) bond motifs is 2. The summed E-state index contributed by atoms with van der Waals surface area (Å²) in [7, 11) is 2.08. The Bertz CT molecular complexity index is 1100. The minimum Gasteiger partial charge on any atom is -0.395 e. The van der Waals surface area contributed by atoms with Crippen molar-refractivity contribution in [2.24, 2.45) is 7.05 Å². The summed E-state index contributed by atoms with van der Waals surface area (Å²) in [5.41, 5.74) is 7.71. The van der Waals surface area contributed by atoms with Gasteiger partial charge in [-0.3, -0.25) is 14.9 Å². The van der Waals surface area contributed by atoms with Crippen LogP contribution in [0.15, 0.2) is 54.7 Å². The average Bonchev–Trinajstić information content (AvgIpc) is 3.36. The molecule has 3 aromatic rings. The van der Waals surface area contributed by atoms with Crippen molar-refractivity contribution in [3.63, 3.8) is 0 Å². The maximum absolute atomic E-state index is 11.2. The zero-order valence-corrected chi connectivity index (χ0v) is 17.8. The Kier molecular flexibility index (Phi) is 6.51. The predicted molar refractivity (Wildman–Crippen MR) is 122 cm³/mol. The first-order valence-electron chi connectivity index (χ1n) is 10.7. The standard InChI is InChI=1S/C25H29N3O3/c1-27-17-20(21-4-2-3-5-23(21)27)12-13-28(14-15-29)24-10-8-19-16-18(6-9-22(19)24)7-11-25(30)26-31/h2-7,9,11,16-17,24,29,31H,8,10,12-15H2,1H3,(H,26,30). The Hall–Kier alpha value is -2.93. The topological polar surface area (TPSA) is 77.7 Å². The Morgan fingerprint density at radius 3 is 2.90 bits per heavy atom. The summed E-state index contributed by atoms with van der Waals surface area (Å²) in [6.07, 6.45) is 8.16. The van der Waals surface area contributed by atoms with Crippen LogP contribution >= 0.6 is 0 Å². The van der Waals surface area contributed by atoms with E-state index in [4.69, 9.17) is 5.21 Å². The van der Waals surface area contributed by atoms with E-state index in [0.717, 1.165) is 31.4 Å². The van der Waals surface area contributed by atoms with E-state index >= 15 is 0 Å². The van der Waals surface area contributed by atoms with Gasteiger partial charge in [0.05, 0.1) is 6.61 Å². The van der Waals surface area contributed by atoms with Crippen molar-refractivity contribution in [1.29, 1.82) is 0 Å². The lowest BCUT2D eigenvalue weighted by molar-refractivity contribution is -0.124. The first-order valence-corrected chi connectivity index (χ1v) is 10.7. The molecule has 0 saturated carbocycles. The molecule has 1 amide bonds. The number of carbonyl (C=O) groups is 1. The summed E-state index contributed by atoms with van der Waals surface area (Å²) in [5.74, 6) is -0.541. The van der Waals surface area contributed by atoms with Gasteiger partial charge in [-0.05, 0) is 53.7 Å². The van der Waals surface area contributed by atoms with Gasteiger partial charge in [0.15, 0.2) is 0 Å². The number of para-hydroxylation sites is 1. The molecule has 3 N–H and O–H groups in total. The van der Waals surface area contributed by atoms with Crippen LogP contribution < -0.4 is 5.48 Å². The number of nitrogens with one attached hydrogen (secondary N) is 1. The van der Waals surface area contributed by atoms with Gasteiger partial charge in [-0.2, -0.15) is 0 Å². The highest BCUT2D eigenvalue weighted by molar-refractivity contribution is 5.90. The van der Waals surface area contributed by atoms with Crippen LogP contribution in [-0.2, 0) is 24.7 Å². The van der Waals surface area contributed by atoms with Crippen LogP contribution in [0.2, 0.25) is 0 Å². The number of nitrogens with zero attached hydrogens (tertiary/aromatic N) is 2. The van der Waals surface area contributed by atoms with Gasteiger partial charge in [0.1, 0.15) is 0 Å². The van der Waals surface area contributed by atoms with Crippen molar-refractivity contribution in [3.8, 4) is 0 Å². The predicted octanol–water partition coefficient (Wildman–Crippen LogP) is 3.22. The molecule has 0 saturated heterocycles. The molecule has 1 aromatic heterocycles. The van der Waals surface area contributed by atoms with Gasteiger partial charge in [0.25, 0.3) is 5.91 Å². The molecule has 0 bridgehead atoms. The van der Waals surface area contributed by atoms with Crippen molar-refractivity contribution in [3.05, 3.63) is 77.0 Å². The number of hydroxylamine groups is 1. The highest BCUT2D eigenvalue weighted by Crippen LogP contribution is 2.36. The number of aliphatic hydroxyl groups is 1. The lowest BCUT2D eigenvalue weighted by Gasteiger charge is -2.29. The normalized spacial score (nSPS) is 15.8. The van der Waals surface area contributed by atoms with E-state index in [2.05, 4.69) is 59.1 Å². The number of rotatable bonds is 8. The van der Waals surface area contributed by atoms with Crippen LogP contribution in [0, 0.1) is 0 Å². The third-order valence-electron chi connectivity index (χ3n) is 6.23. The fourth-order valence-electron chi connectivity index (χ4n) is 4.75. The van der Waals surface area contributed by atoms with Crippen molar-refractivity contribution >= 4 is 22.9 Å². The summed E-state index contributed by atoms with van der Waals surface area (Å²) in [5, 5.41) is 19.6. The van der Waals surface area contributed by atoms with Gasteiger partial charge < -0.3 is 9.67 Å². The molecule has 0 aliphatic heterocycles. The van der Waals surface area contributed by atoms with Gasteiger partial charge in [0.2, 0.25) is 0 Å². The monoisotopic (exact) mass is 419 g/mol. The highest BCUT2D eigenvalue weighted by atomic mass is 16.5. The van der Waals surface area contributed by atoms with E-state index in [1.165, 1.54) is 33.7 Å². The van der Waals surface area contributed by atoms with E-state index in [1.807, 2.05) is 6.07 Å². The first kappa shape index (κ1) is 21.3. The Balaban J connectivity index is 1.51. The minimum atomic E-state index is -0.541. The smallest absolute Gasteiger partial charge is 0.267 e. The summed E-state index contributed by atoms with van der Waals surface area (Å²) in [4.78, 5) is 13.6. The second-order valence-corrected chi connectivity index (χ2v) is 8.11. The lowest BCUT2D eigenvalue weighted by Crippen LogP contribution is -2.32. The van der Waals surface area contributed by atoms with Crippen molar-refractivity contribution in [1.82, 2.24) is 14.9 Å². The maximum atomic E-state index is 11.2. The molecule has 1 atom stereocenters. The fraction of sp³-hybridized carbons (Fsp3) is 0.320. The van der Waals surface area contributed by atoms with E-state index < -0.39 is 5.91 Å². The van der Waals surface area contributed by atoms with Crippen LogP contribution in [-0.4, -0.2) is 45.4 Å². The van der Waals surface area contributed by atoms with Crippen LogP contribution in [0.3, 0.4) is 0 Å².